The number of aliphatic hydroxyl groups is 8. The average molecular weight is 1220 g/mol. The second-order valence-electron chi connectivity index (χ2n) is 25.4. The smallest absolute Gasteiger partial charge is 0.220 e. The third kappa shape index (κ3) is 40.6. The van der Waals surface area contributed by atoms with Gasteiger partial charge in [-0.25, -0.2) is 0 Å². The maximum atomic E-state index is 13.3. The molecule has 2 heterocycles. The van der Waals surface area contributed by atoms with Gasteiger partial charge in [0.05, 0.1) is 32.0 Å². The predicted octanol–water partition coefficient (Wildman–Crippen LogP) is 14.7. The molecule has 0 aromatic heterocycles. The highest BCUT2D eigenvalue weighted by atomic mass is 16.7. The molecule has 2 saturated heterocycles. The minimum atomic E-state index is -1.79. The number of unbranched alkanes of at least 4 members (excludes halogenated alkanes) is 40. The van der Waals surface area contributed by atoms with E-state index in [0.29, 0.717) is 6.42 Å². The summed E-state index contributed by atoms with van der Waals surface area (Å²) in [5, 5.41) is 87.5. The third-order valence-electron chi connectivity index (χ3n) is 17.5. The summed E-state index contributed by atoms with van der Waals surface area (Å²) in [5.74, 6) is -0.236. The van der Waals surface area contributed by atoms with Crippen molar-refractivity contribution < 1.29 is 64.6 Å². The summed E-state index contributed by atoms with van der Waals surface area (Å²) in [4.78, 5) is 13.3. The van der Waals surface area contributed by atoms with Gasteiger partial charge in [-0.05, 0) is 57.8 Å². The van der Waals surface area contributed by atoms with Gasteiger partial charge >= 0.3 is 0 Å². The van der Waals surface area contributed by atoms with E-state index in [9.17, 15) is 45.6 Å². The van der Waals surface area contributed by atoms with E-state index in [1.807, 2.05) is 6.08 Å². The van der Waals surface area contributed by atoms with Crippen LogP contribution >= 0.6 is 0 Å². The van der Waals surface area contributed by atoms with Gasteiger partial charge in [0.15, 0.2) is 12.6 Å². The Balaban J connectivity index is 1.66. The Labute approximate surface area is 524 Å². The van der Waals surface area contributed by atoms with Gasteiger partial charge in [0.2, 0.25) is 5.91 Å². The van der Waals surface area contributed by atoms with Crippen molar-refractivity contribution in [2.75, 3.05) is 19.8 Å². The molecule has 2 rings (SSSR count). The number of aliphatic hydroxyl groups excluding tert-OH is 8. The van der Waals surface area contributed by atoms with Gasteiger partial charge < -0.3 is 65.1 Å². The lowest BCUT2D eigenvalue weighted by Gasteiger charge is -2.46. The molecule has 2 fully saturated rings. The number of carbonyl (C=O) groups is 1. The minimum Gasteiger partial charge on any atom is -0.394 e. The number of hydrogen-bond acceptors (Lipinski definition) is 13. The van der Waals surface area contributed by atoms with Crippen molar-refractivity contribution >= 4 is 5.91 Å². The summed E-state index contributed by atoms with van der Waals surface area (Å²) in [6.45, 7) is 2.83. The first-order valence-electron chi connectivity index (χ1n) is 35.9. The number of nitrogens with one attached hydrogen (secondary N) is 1. The van der Waals surface area contributed by atoms with E-state index in [2.05, 4.69) is 55.6 Å². The van der Waals surface area contributed by atoms with E-state index in [1.165, 1.54) is 231 Å². The van der Waals surface area contributed by atoms with Crippen molar-refractivity contribution in [3.8, 4) is 0 Å². The Bertz CT molecular complexity index is 1630. The molecule has 2 aliphatic heterocycles. The van der Waals surface area contributed by atoms with E-state index in [0.717, 1.165) is 51.4 Å². The topological polar surface area (TPSA) is 228 Å². The minimum absolute atomic E-state index is 0.236. The van der Waals surface area contributed by atoms with E-state index in [4.69, 9.17) is 18.9 Å². The monoisotopic (exact) mass is 1220 g/mol. The summed E-state index contributed by atoms with van der Waals surface area (Å²) < 4.78 is 22.9. The molecule has 1 amide bonds. The summed E-state index contributed by atoms with van der Waals surface area (Å²) >= 11 is 0. The highest BCUT2D eigenvalue weighted by Gasteiger charge is 2.51. The van der Waals surface area contributed by atoms with Gasteiger partial charge in [-0.3, -0.25) is 4.79 Å². The fourth-order valence-electron chi connectivity index (χ4n) is 11.8. The molecule has 12 atom stereocenters. The third-order valence-corrected chi connectivity index (χ3v) is 17.5. The molecule has 2 aliphatic rings. The molecule has 9 N–H and O–H groups in total. The standard InChI is InChI=1S/C72H133NO13/c1-3-5-7-9-11-13-15-17-19-21-23-25-26-27-28-29-30-31-32-33-34-36-38-40-42-44-46-48-50-52-54-56-64(77)73-60(61(76)55-53-51-49-47-45-43-41-39-37-35-24-22-20-18-16-14-12-10-8-6-4-2)59-83-71-69(82)67(80)70(63(58-75)85-71)86-72-68(81)66(79)65(78)62(57-74)84-72/h15,17,21,23,26-27,53,55,60-63,65-72,74-76,78-82H,3-14,16,18-20,22,24-25,28-52,54,56-59H2,1-2H3,(H,73,77)/b17-15-,23-21-,27-26-,55-53+. The number of hydrogen-bond donors (Lipinski definition) is 9. The highest BCUT2D eigenvalue weighted by Crippen LogP contribution is 2.30. The zero-order valence-corrected chi connectivity index (χ0v) is 54.8. The molecule has 0 aliphatic carbocycles. The SMILES string of the molecule is CCCCCCC/C=C\C/C=C\C/C=C\CCCCCCCCCCCCCCCCCCC(=O)NC(COC1OC(CO)C(OC2OC(CO)C(O)C(O)C2O)C(O)C1O)C(O)/C=C/CCCCCCCCCCCCCCCCCCCCC. The Hall–Kier alpha value is -2.05. The first-order chi connectivity index (χ1) is 42.1. The Morgan fingerprint density at radius 1 is 0.419 bits per heavy atom. The Kier molecular flexibility index (Phi) is 53.0. The molecule has 504 valence electrons. The fourth-order valence-corrected chi connectivity index (χ4v) is 11.8. The van der Waals surface area contributed by atoms with Crippen molar-refractivity contribution in [3.05, 3.63) is 48.6 Å². The van der Waals surface area contributed by atoms with Crippen molar-refractivity contribution in [2.24, 2.45) is 0 Å². The van der Waals surface area contributed by atoms with Gasteiger partial charge in [0, 0.05) is 6.42 Å². The Morgan fingerprint density at radius 2 is 0.767 bits per heavy atom. The molecule has 0 spiro atoms. The molecule has 0 saturated carbocycles. The normalized spacial score (nSPS) is 23.7. The molecule has 14 nitrogen and oxygen atoms in total. The number of carbonyl (C=O) groups excluding carboxylic acids is 1. The largest absolute Gasteiger partial charge is 0.394 e. The van der Waals surface area contributed by atoms with Crippen LogP contribution in [0.1, 0.15) is 309 Å². The highest BCUT2D eigenvalue weighted by molar-refractivity contribution is 5.76. The van der Waals surface area contributed by atoms with Crippen LogP contribution in [-0.4, -0.2) is 140 Å². The van der Waals surface area contributed by atoms with Gasteiger partial charge in [0.1, 0.15) is 48.8 Å². The quantitative estimate of drug-likeness (QED) is 0.0204. The van der Waals surface area contributed by atoms with Crippen LogP contribution in [0.2, 0.25) is 0 Å². The van der Waals surface area contributed by atoms with Gasteiger partial charge in [-0.1, -0.05) is 294 Å². The average Bonchev–Trinajstić information content (AvgIpc) is 2.54. The molecule has 12 unspecified atom stereocenters. The maximum Gasteiger partial charge on any atom is 0.220 e. The fraction of sp³-hybridized carbons (Fsp3) is 0.875. The molecular weight excluding hydrogens is 1090 g/mol. The molecule has 0 radical (unpaired) electrons. The number of ether oxygens (including phenoxy) is 4. The lowest BCUT2D eigenvalue weighted by atomic mass is 9.97. The molecule has 14 heteroatoms. The summed E-state index contributed by atoms with van der Waals surface area (Å²) in [6.07, 6.45) is 57.3. The Morgan fingerprint density at radius 3 is 1.17 bits per heavy atom. The predicted molar refractivity (Wildman–Crippen MR) is 351 cm³/mol. The maximum absolute atomic E-state index is 13.3. The molecule has 86 heavy (non-hydrogen) atoms. The van der Waals surface area contributed by atoms with Crippen molar-refractivity contribution in [2.45, 2.75) is 383 Å². The van der Waals surface area contributed by atoms with Crippen LogP contribution in [-0.2, 0) is 23.7 Å². The van der Waals surface area contributed by atoms with Crippen LogP contribution in [0.25, 0.3) is 0 Å². The lowest BCUT2D eigenvalue weighted by Crippen LogP contribution is -2.65. The molecule has 0 aromatic carbocycles. The van der Waals surface area contributed by atoms with E-state index in [1.54, 1.807) is 6.08 Å². The molecule has 0 aromatic rings. The first kappa shape index (κ1) is 80.0. The molecule has 0 bridgehead atoms. The van der Waals surface area contributed by atoms with Crippen LogP contribution in [0.4, 0.5) is 0 Å². The van der Waals surface area contributed by atoms with Crippen LogP contribution < -0.4 is 5.32 Å². The van der Waals surface area contributed by atoms with Crippen LogP contribution in [0.5, 0.6) is 0 Å². The lowest BCUT2D eigenvalue weighted by molar-refractivity contribution is -0.359. The second kappa shape index (κ2) is 56.9. The van der Waals surface area contributed by atoms with Crippen molar-refractivity contribution in [3.63, 3.8) is 0 Å². The van der Waals surface area contributed by atoms with Crippen LogP contribution in [0.3, 0.4) is 0 Å². The molecular formula is C72H133NO13. The first-order valence-corrected chi connectivity index (χ1v) is 35.9. The zero-order valence-electron chi connectivity index (χ0n) is 54.8. The number of amides is 1. The summed E-state index contributed by atoms with van der Waals surface area (Å²) in [7, 11) is 0. The van der Waals surface area contributed by atoms with Crippen LogP contribution in [0.15, 0.2) is 48.6 Å². The van der Waals surface area contributed by atoms with Gasteiger partial charge in [0.25, 0.3) is 0 Å². The van der Waals surface area contributed by atoms with Crippen molar-refractivity contribution in [1.82, 2.24) is 5.32 Å². The van der Waals surface area contributed by atoms with E-state index in [-0.39, 0.29) is 18.9 Å². The zero-order chi connectivity index (χ0) is 62.3. The summed E-state index contributed by atoms with van der Waals surface area (Å²) in [6, 6.07) is -0.916. The van der Waals surface area contributed by atoms with E-state index < -0.39 is 86.8 Å². The van der Waals surface area contributed by atoms with Crippen molar-refractivity contribution in [1.29, 1.82) is 0 Å². The van der Waals surface area contributed by atoms with Gasteiger partial charge in [-0.2, -0.15) is 0 Å². The van der Waals surface area contributed by atoms with Gasteiger partial charge in [-0.15, -0.1) is 0 Å². The second-order valence-corrected chi connectivity index (χ2v) is 25.4. The number of rotatable bonds is 59. The van der Waals surface area contributed by atoms with Crippen LogP contribution in [0, 0.1) is 0 Å². The summed E-state index contributed by atoms with van der Waals surface area (Å²) in [5.41, 5.74) is 0. The number of allylic oxidation sites excluding steroid dienone is 7. The van der Waals surface area contributed by atoms with E-state index >= 15 is 0 Å².